The van der Waals surface area contributed by atoms with Crippen LogP contribution in [0, 0.1) is 6.92 Å². The van der Waals surface area contributed by atoms with Crippen molar-refractivity contribution in [3.63, 3.8) is 0 Å². The molecule has 0 spiro atoms. The summed E-state index contributed by atoms with van der Waals surface area (Å²) >= 11 is 6.06. The maximum absolute atomic E-state index is 13.1. The second-order valence-electron chi connectivity index (χ2n) is 7.58. The topological polar surface area (TPSA) is 54.3 Å². The number of benzene rings is 2. The number of aromatic nitrogens is 1. The Kier molecular flexibility index (Phi) is 5.91. The molecule has 30 heavy (non-hydrogen) atoms. The number of nitrogens with zero attached hydrogens (tertiary/aromatic N) is 2. The summed E-state index contributed by atoms with van der Waals surface area (Å²) in [6.07, 6.45) is 2.36. The second kappa shape index (κ2) is 8.76. The van der Waals surface area contributed by atoms with Gasteiger partial charge in [0.2, 0.25) is 11.8 Å². The molecule has 2 aromatic carbocycles. The van der Waals surface area contributed by atoms with E-state index in [0.717, 1.165) is 29.1 Å². The van der Waals surface area contributed by atoms with Crippen molar-refractivity contribution in [2.24, 2.45) is 0 Å². The molecule has 1 atom stereocenters. The molecule has 1 N–H and O–H groups in total. The van der Waals surface area contributed by atoms with E-state index in [1.807, 2.05) is 78.7 Å². The lowest BCUT2D eigenvalue weighted by Gasteiger charge is -2.37. The van der Waals surface area contributed by atoms with Gasteiger partial charge < -0.3 is 14.8 Å². The van der Waals surface area contributed by atoms with E-state index in [9.17, 15) is 9.59 Å². The van der Waals surface area contributed by atoms with Crippen LogP contribution in [0.2, 0.25) is 5.02 Å². The van der Waals surface area contributed by atoms with Gasteiger partial charge >= 0.3 is 0 Å². The quantitative estimate of drug-likeness (QED) is 0.643. The summed E-state index contributed by atoms with van der Waals surface area (Å²) in [6, 6.07) is 19.1. The van der Waals surface area contributed by atoms with E-state index in [4.69, 9.17) is 11.6 Å². The van der Waals surface area contributed by atoms with Crippen molar-refractivity contribution >= 4 is 29.1 Å². The van der Waals surface area contributed by atoms with Crippen LogP contribution in [-0.4, -0.2) is 27.8 Å². The number of rotatable bonds is 5. The van der Waals surface area contributed by atoms with Gasteiger partial charge in [-0.1, -0.05) is 41.4 Å². The standard InChI is InChI=1S/C24H24ClN3O2/c1-17-4-10-20(11-5-17)26-22(29)12-13-23(30)28-16-15-27-14-2-3-21(27)24(28)18-6-8-19(25)9-7-18/h2-11,14,24H,12-13,15-16H2,1H3,(H,26,29)/t24-/m1/s1. The number of aryl methyl sites for hydroxylation is 1. The fourth-order valence-corrected chi connectivity index (χ4v) is 4.00. The average Bonchev–Trinajstić information content (AvgIpc) is 3.22. The molecule has 5 nitrogen and oxygen atoms in total. The number of carbonyl (C=O) groups is 2. The predicted molar refractivity (Wildman–Crippen MR) is 118 cm³/mol. The second-order valence-corrected chi connectivity index (χ2v) is 8.02. The monoisotopic (exact) mass is 421 g/mol. The first-order valence-corrected chi connectivity index (χ1v) is 10.5. The Balaban J connectivity index is 1.46. The fourth-order valence-electron chi connectivity index (χ4n) is 3.87. The fraction of sp³-hybridized carbons (Fsp3) is 0.250. The van der Waals surface area contributed by atoms with Crippen LogP contribution in [0.25, 0.3) is 0 Å². The van der Waals surface area contributed by atoms with Crippen molar-refractivity contribution in [2.75, 3.05) is 11.9 Å². The molecule has 3 aromatic rings. The minimum atomic E-state index is -0.182. The molecule has 4 rings (SSSR count). The van der Waals surface area contributed by atoms with Gasteiger partial charge in [-0.05, 0) is 48.9 Å². The first kappa shape index (κ1) is 20.2. The lowest BCUT2D eigenvalue weighted by atomic mass is 9.99. The number of carbonyl (C=O) groups excluding carboxylic acids is 2. The Bertz CT molecular complexity index is 1040. The van der Waals surface area contributed by atoms with Gasteiger partial charge in [0.05, 0.1) is 6.04 Å². The van der Waals surface area contributed by atoms with Gasteiger partial charge in [-0.2, -0.15) is 0 Å². The number of nitrogens with one attached hydrogen (secondary N) is 1. The first-order chi connectivity index (χ1) is 14.5. The summed E-state index contributed by atoms with van der Waals surface area (Å²) in [6.45, 7) is 3.34. The van der Waals surface area contributed by atoms with E-state index in [-0.39, 0.29) is 30.7 Å². The molecule has 1 aliphatic rings. The normalized spacial score (nSPS) is 15.5. The summed E-state index contributed by atoms with van der Waals surface area (Å²) in [7, 11) is 0. The minimum absolute atomic E-state index is 0.0264. The summed E-state index contributed by atoms with van der Waals surface area (Å²) < 4.78 is 2.17. The number of fused-ring (bicyclic) bond motifs is 1. The Morgan fingerprint density at radius 3 is 2.47 bits per heavy atom. The highest BCUT2D eigenvalue weighted by molar-refractivity contribution is 6.30. The van der Waals surface area contributed by atoms with Crippen LogP contribution in [0.4, 0.5) is 5.69 Å². The number of halogens is 1. The smallest absolute Gasteiger partial charge is 0.224 e. The zero-order chi connectivity index (χ0) is 21.1. The van der Waals surface area contributed by atoms with Crippen LogP contribution in [-0.2, 0) is 16.1 Å². The molecule has 154 valence electrons. The third kappa shape index (κ3) is 4.41. The highest BCUT2D eigenvalue weighted by Gasteiger charge is 2.32. The third-order valence-electron chi connectivity index (χ3n) is 5.45. The zero-order valence-corrected chi connectivity index (χ0v) is 17.6. The third-order valence-corrected chi connectivity index (χ3v) is 5.70. The molecular formula is C24H24ClN3O2. The van der Waals surface area contributed by atoms with E-state index >= 15 is 0 Å². The molecule has 0 saturated heterocycles. The van der Waals surface area contributed by atoms with Gasteiger partial charge in [0, 0.05) is 48.5 Å². The van der Waals surface area contributed by atoms with Gasteiger partial charge in [0.1, 0.15) is 0 Å². The summed E-state index contributed by atoms with van der Waals surface area (Å²) in [5.74, 6) is -0.183. The first-order valence-electron chi connectivity index (χ1n) is 10.1. The molecule has 6 heteroatoms. The molecular weight excluding hydrogens is 398 g/mol. The van der Waals surface area contributed by atoms with Gasteiger partial charge in [-0.25, -0.2) is 0 Å². The maximum atomic E-state index is 13.1. The molecule has 2 heterocycles. The number of hydrogen-bond donors (Lipinski definition) is 1. The van der Waals surface area contributed by atoms with E-state index in [1.54, 1.807) is 0 Å². The van der Waals surface area contributed by atoms with Gasteiger partial charge in [0.15, 0.2) is 0 Å². The van der Waals surface area contributed by atoms with Gasteiger partial charge in [-0.3, -0.25) is 9.59 Å². The highest BCUT2D eigenvalue weighted by atomic mass is 35.5. The lowest BCUT2D eigenvalue weighted by Crippen LogP contribution is -2.42. The Hall–Kier alpha value is -3.05. The van der Waals surface area contributed by atoms with E-state index in [1.165, 1.54) is 0 Å². The Labute approximate surface area is 181 Å². The largest absolute Gasteiger partial charge is 0.348 e. The van der Waals surface area contributed by atoms with Crippen LogP contribution in [0.3, 0.4) is 0 Å². The zero-order valence-electron chi connectivity index (χ0n) is 16.8. The summed E-state index contributed by atoms with van der Waals surface area (Å²) in [5, 5.41) is 3.52. The van der Waals surface area contributed by atoms with Crippen molar-refractivity contribution in [3.05, 3.63) is 88.7 Å². The molecule has 0 aliphatic carbocycles. The molecule has 1 aliphatic heterocycles. The van der Waals surface area contributed by atoms with E-state index < -0.39 is 0 Å². The average molecular weight is 422 g/mol. The minimum Gasteiger partial charge on any atom is -0.348 e. The van der Waals surface area contributed by atoms with Crippen LogP contribution in [0.1, 0.15) is 35.7 Å². The van der Waals surface area contributed by atoms with Crippen LogP contribution < -0.4 is 5.32 Å². The predicted octanol–water partition coefficient (Wildman–Crippen LogP) is 4.80. The van der Waals surface area contributed by atoms with Crippen molar-refractivity contribution in [1.29, 1.82) is 0 Å². The molecule has 0 saturated carbocycles. The van der Waals surface area contributed by atoms with E-state index in [0.29, 0.717) is 11.6 Å². The molecule has 0 radical (unpaired) electrons. The highest BCUT2D eigenvalue weighted by Crippen LogP contribution is 2.33. The molecule has 1 aromatic heterocycles. The van der Waals surface area contributed by atoms with Gasteiger partial charge in [-0.15, -0.1) is 0 Å². The Morgan fingerprint density at radius 2 is 1.73 bits per heavy atom. The SMILES string of the molecule is Cc1ccc(NC(=O)CCC(=O)N2CCn3cccc3[C@H]2c2ccc(Cl)cc2)cc1. The number of anilines is 1. The number of amides is 2. The molecule has 2 amide bonds. The van der Waals surface area contributed by atoms with Crippen molar-refractivity contribution in [2.45, 2.75) is 32.4 Å². The Morgan fingerprint density at radius 1 is 1.00 bits per heavy atom. The van der Waals surface area contributed by atoms with Crippen molar-refractivity contribution in [3.8, 4) is 0 Å². The van der Waals surface area contributed by atoms with Gasteiger partial charge in [0.25, 0.3) is 0 Å². The van der Waals surface area contributed by atoms with Crippen LogP contribution in [0.5, 0.6) is 0 Å². The molecule has 0 fully saturated rings. The molecule has 0 unspecified atom stereocenters. The van der Waals surface area contributed by atoms with Crippen molar-refractivity contribution < 1.29 is 9.59 Å². The van der Waals surface area contributed by atoms with E-state index in [2.05, 4.69) is 9.88 Å². The summed E-state index contributed by atoms with van der Waals surface area (Å²) in [5.41, 5.74) is 3.96. The molecule has 0 bridgehead atoms. The summed E-state index contributed by atoms with van der Waals surface area (Å²) in [4.78, 5) is 27.3. The number of hydrogen-bond acceptors (Lipinski definition) is 2. The maximum Gasteiger partial charge on any atom is 0.224 e. The lowest BCUT2D eigenvalue weighted by molar-refractivity contribution is -0.135. The van der Waals surface area contributed by atoms with Crippen LogP contribution >= 0.6 is 11.6 Å². The van der Waals surface area contributed by atoms with Crippen molar-refractivity contribution in [1.82, 2.24) is 9.47 Å². The van der Waals surface area contributed by atoms with Crippen LogP contribution in [0.15, 0.2) is 66.9 Å².